The van der Waals surface area contributed by atoms with Crippen LogP contribution in [-0.2, 0) is 11.3 Å². The van der Waals surface area contributed by atoms with Crippen LogP contribution in [0, 0.1) is 0 Å². The van der Waals surface area contributed by atoms with Gasteiger partial charge in [-0.05, 0) is 13.2 Å². The van der Waals surface area contributed by atoms with E-state index in [-0.39, 0.29) is 24.2 Å². The van der Waals surface area contributed by atoms with E-state index in [1.54, 1.807) is 23.7 Å². The van der Waals surface area contributed by atoms with Crippen LogP contribution < -0.4 is 0 Å². The number of amides is 1. The minimum atomic E-state index is -1.02. The zero-order valence-electron chi connectivity index (χ0n) is 10.5. The molecule has 1 atom stereocenters. The van der Waals surface area contributed by atoms with Crippen molar-refractivity contribution in [2.75, 3.05) is 19.1 Å². The van der Waals surface area contributed by atoms with Gasteiger partial charge in [-0.25, -0.2) is 4.68 Å². The van der Waals surface area contributed by atoms with E-state index in [0.717, 1.165) is 10.4 Å². The van der Waals surface area contributed by atoms with Gasteiger partial charge in [0.1, 0.15) is 6.54 Å². The molecule has 1 rings (SSSR count). The van der Waals surface area contributed by atoms with Crippen LogP contribution in [-0.4, -0.2) is 62.0 Å². The molecule has 1 aromatic heterocycles. The van der Waals surface area contributed by atoms with Crippen LogP contribution in [0.3, 0.4) is 0 Å². The average Bonchev–Trinajstić information content (AvgIpc) is 2.75. The monoisotopic (exact) mass is 272 g/mol. The lowest BCUT2D eigenvalue weighted by molar-refractivity contribution is -0.137. The molecule has 1 aromatic rings. The molecule has 8 heteroatoms. The maximum absolute atomic E-state index is 12.0. The summed E-state index contributed by atoms with van der Waals surface area (Å²) in [5.74, 6) is -0.456. The summed E-state index contributed by atoms with van der Waals surface area (Å²) in [6.07, 6.45) is 3.32. The van der Waals surface area contributed by atoms with Crippen molar-refractivity contribution in [3.63, 3.8) is 0 Å². The Bertz CT molecular complexity index is 435. The molecule has 100 valence electrons. The van der Waals surface area contributed by atoms with Gasteiger partial charge >= 0.3 is 5.97 Å². The second-order valence-electron chi connectivity index (χ2n) is 3.92. The maximum Gasteiger partial charge on any atom is 0.325 e. The van der Waals surface area contributed by atoms with Crippen LogP contribution in [0.2, 0.25) is 0 Å². The summed E-state index contributed by atoms with van der Waals surface area (Å²) in [6, 6.07) is 0.0807. The highest BCUT2D eigenvalue weighted by Gasteiger charge is 2.20. The number of hydrogen-bond donors (Lipinski definition) is 1. The van der Waals surface area contributed by atoms with Crippen molar-refractivity contribution < 1.29 is 14.7 Å². The Kier molecular flexibility index (Phi) is 5.14. The molecule has 0 aliphatic rings. The standard InChI is InChI=1S/C10H16N4O3S/c1-7(6-18-3)13(2)10(17)8-4-14(12-11-8)5-9(15)16/h4,7H,5-6H2,1-3H3,(H,15,16). The first-order valence-electron chi connectivity index (χ1n) is 5.33. The Morgan fingerprint density at radius 1 is 1.61 bits per heavy atom. The van der Waals surface area contributed by atoms with Gasteiger partial charge in [0.25, 0.3) is 5.91 Å². The number of hydrogen-bond acceptors (Lipinski definition) is 5. The molecule has 18 heavy (non-hydrogen) atoms. The van der Waals surface area contributed by atoms with Crippen molar-refractivity contribution in [2.24, 2.45) is 0 Å². The van der Waals surface area contributed by atoms with Crippen molar-refractivity contribution in [2.45, 2.75) is 19.5 Å². The molecule has 0 saturated heterocycles. The molecule has 0 fully saturated rings. The fourth-order valence-corrected chi connectivity index (χ4v) is 2.05. The van der Waals surface area contributed by atoms with Crippen molar-refractivity contribution >= 4 is 23.6 Å². The van der Waals surface area contributed by atoms with Crippen molar-refractivity contribution in [3.8, 4) is 0 Å². The molecule has 0 saturated carbocycles. The average molecular weight is 272 g/mol. The Labute approximate surface area is 109 Å². The largest absolute Gasteiger partial charge is 0.480 e. The number of carbonyl (C=O) groups is 2. The number of nitrogens with zero attached hydrogens (tertiary/aromatic N) is 4. The van der Waals surface area contributed by atoms with Gasteiger partial charge in [0.2, 0.25) is 0 Å². The van der Waals surface area contributed by atoms with Gasteiger partial charge < -0.3 is 10.0 Å². The van der Waals surface area contributed by atoms with Gasteiger partial charge in [-0.15, -0.1) is 5.10 Å². The number of carboxylic acids is 1. The van der Waals surface area contributed by atoms with Crippen molar-refractivity contribution in [1.29, 1.82) is 0 Å². The van der Waals surface area contributed by atoms with Gasteiger partial charge in [0, 0.05) is 18.8 Å². The smallest absolute Gasteiger partial charge is 0.325 e. The summed E-state index contributed by atoms with van der Waals surface area (Å²) >= 11 is 1.65. The zero-order valence-corrected chi connectivity index (χ0v) is 11.3. The first-order chi connectivity index (χ1) is 8.45. The summed E-state index contributed by atoms with van der Waals surface area (Å²) in [6.45, 7) is 1.64. The normalized spacial score (nSPS) is 12.2. The highest BCUT2D eigenvalue weighted by Crippen LogP contribution is 2.07. The molecule has 1 N–H and O–H groups in total. The molecular formula is C10H16N4O3S. The fourth-order valence-electron chi connectivity index (χ4n) is 1.35. The third-order valence-electron chi connectivity index (χ3n) is 2.44. The highest BCUT2D eigenvalue weighted by atomic mass is 32.2. The Hall–Kier alpha value is -1.57. The lowest BCUT2D eigenvalue weighted by Gasteiger charge is -2.23. The number of thioether (sulfide) groups is 1. The van der Waals surface area contributed by atoms with E-state index in [9.17, 15) is 9.59 Å². The predicted molar refractivity (Wildman–Crippen MR) is 67.6 cm³/mol. The molecule has 0 aliphatic carbocycles. The van der Waals surface area contributed by atoms with Crippen LogP contribution in [0.1, 0.15) is 17.4 Å². The van der Waals surface area contributed by atoms with Crippen LogP contribution in [0.15, 0.2) is 6.20 Å². The van der Waals surface area contributed by atoms with Crippen LogP contribution in [0.25, 0.3) is 0 Å². The summed E-state index contributed by atoms with van der Waals surface area (Å²) in [5.41, 5.74) is 0.159. The molecule has 0 aliphatic heterocycles. The molecule has 1 amide bonds. The van der Waals surface area contributed by atoms with Gasteiger partial charge in [-0.2, -0.15) is 11.8 Å². The molecule has 7 nitrogen and oxygen atoms in total. The van der Waals surface area contributed by atoms with Crippen LogP contribution in [0.4, 0.5) is 0 Å². The van der Waals surface area contributed by atoms with E-state index in [2.05, 4.69) is 10.3 Å². The summed E-state index contributed by atoms with van der Waals surface area (Å²) in [5, 5.41) is 15.9. The molecule has 1 unspecified atom stereocenters. The quantitative estimate of drug-likeness (QED) is 0.795. The Morgan fingerprint density at radius 2 is 2.28 bits per heavy atom. The first-order valence-corrected chi connectivity index (χ1v) is 6.73. The third kappa shape index (κ3) is 3.73. The lowest BCUT2D eigenvalue weighted by atomic mass is 10.3. The second kappa shape index (κ2) is 6.39. The number of carboxylic acid groups (broad SMARTS) is 1. The fraction of sp³-hybridized carbons (Fsp3) is 0.600. The first kappa shape index (κ1) is 14.5. The SMILES string of the molecule is CSCC(C)N(C)C(=O)c1cn(CC(=O)O)nn1. The maximum atomic E-state index is 12.0. The lowest BCUT2D eigenvalue weighted by Crippen LogP contribution is -2.36. The number of carbonyl (C=O) groups excluding carboxylic acids is 1. The van der Waals surface area contributed by atoms with E-state index < -0.39 is 5.97 Å². The molecule has 1 heterocycles. The summed E-state index contributed by atoms with van der Waals surface area (Å²) in [4.78, 5) is 24.1. The predicted octanol–water partition coefficient (Wildman–Crippen LogP) is 0.186. The summed E-state index contributed by atoms with van der Waals surface area (Å²) < 4.78 is 1.13. The molecule has 0 bridgehead atoms. The van der Waals surface area contributed by atoms with Crippen molar-refractivity contribution in [3.05, 3.63) is 11.9 Å². The molecular weight excluding hydrogens is 256 g/mol. The van der Waals surface area contributed by atoms with Gasteiger partial charge in [-0.1, -0.05) is 5.21 Å². The van der Waals surface area contributed by atoms with E-state index in [1.165, 1.54) is 6.20 Å². The molecule has 0 radical (unpaired) electrons. The number of rotatable bonds is 6. The highest BCUT2D eigenvalue weighted by molar-refractivity contribution is 7.98. The van der Waals surface area contributed by atoms with E-state index in [1.807, 2.05) is 13.2 Å². The van der Waals surface area contributed by atoms with Crippen molar-refractivity contribution in [1.82, 2.24) is 19.9 Å². The van der Waals surface area contributed by atoms with Gasteiger partial charge in [0.05, 0.1) is 6.20 Å². The molecule has 0 aromatic carbocycles. The Balaban J connectivity index is 2.71. The van der Waals surface area contributed by atoms with E-state index in [0.29, 0.717) is 0 Å². The van der Waals surface area contributed by atoms with Crippen LogP contribution >= 0.6 is 11.8 Å². The zero-order chi connectivity index (χ0) is 13.7. The molecule has 0 spiro atoms. The van der Waals surface area contributed by atoms with Gasteiger partial charge in [-0.3, -0.25) is 9.59 Å². The minimum absolute atomic E-state index is 0.0807. The Morgan fingerprint density at radius 3 is 2.83 bits per heavy atom. The second-order valence-corrected chi connectivity index (χ2v) is 4.83. The van der Waals surface area contributed by atoms with E-state index in [4.69, 9.17) is 5.11 Å². The number of aromatic nitrogens is 3. The van der Waals surface area contributed by atoms with Gasteiger partial charge in [0.15, 0.2) is 5.69 Å². The summed E-state index contributed by atoms with van der Waals surface area (Å²) in [7, 11) is 1.69. The minimum Gasteiger partial charge on any atom is -0.480 e. The van der Waals surface area contributed by atoms with Crippen LogP contribution in [0.5, 0.6) is 0 Å². The number of aliphatic carboxylic acids is 1. The van der Waals surface area contributed by atoms with E-state index >= 15 is 0 Å². The third-order valence-corrected chi connectivity index (χ3v) is 3.26. The topological polar surface area (TPSA) is 88.3 Å².